The van der Waals surface area contributed by atoms with E-state index in [2.05, 4.69) is 10.2 Å². The first-order valence-corrected chi connectivity index (χ1v) is 10.1. The van der Waals surface area contributed by atoms with Crippen LogP contribution in [-0.2, 0) is 16.3 Å². The maximum Gasteiger partial charge on any atom is 0.276 e. The van der Waals surface area contributed by atoms with Gasteiger partial charge in [0, 0.05) is 11.2 Å². The molecule has 0 saturated heterocycles. The highest BCUT2D eigenvalue weighted by Gasteiger charge is 2.09. The van der Waals surface area contributed by atoms with Gasteiger partial charge < -0.3 is 4.42 Å². The SMILES string of the molecule is O=S(=O)(/C=C/CSc1nnc(Cc2ccccc2)o1)c1ccccc1. The summed E-state index contributed by atoms with van der Waals surface area (Å²) in [7, 11) is -3.41. The summed E-state index contributed by atoms with van der Waals surface area (Å²) in [6, 6.07) is 18.2. The molecule has 0 saturated carbocycles. The number of hydrogen-bond acceptors (Lipinski definition) is 6. The molecule has 0 atom stereocenters. The van der Waals surface area contributed by atoms with Crippen LogP contribution in [-0.4, -0.2) is 24.4 Å². The highest BCUT2D eigenvalue weighted by Crippen LogP contribution is 2.19. The van der Waals surface area contributed by atoms with Crippen molar-refractivity contribution in [1.82, 2.24) is 10.2 Å². The molecule has 2 aromatic carbocycles. The van der Waals surface area contributed by atoms with Crippen LogP contribution in [0.25, 0.3) is 0 Å². The van der Waals surface area contributed by atoms with Crippen LogP contribution in [0, 0.1) is 0 Å². The third-order valence-electron chi connectivity index (χ3n) is 3.30. The fourth-order valence-electron chi connectivity index (χ4n) is 2.11. The number of hydrogen-bond donors (Lipinski definition) is 0. The van der Waals surface area contributed by atoms with Gasteiger partial charge in [0.05, 0.1) is 11.3 Å². The van der Waals surface area contributed by atoms with E-state index in [1.807, 2.05) is 30.3 Å². The third-order valence-corrected chi connectivity index (χ3v) is 5.55. The molecule has 1 heterocycles. The van der Waals surface area contributed by atoms with Crippen molar-refractivity contribution in [3.63, 3.8) is 0 Å². The lowest BCUT2D eigenvalue weighted by Gasteiger charge is -1.97. The van der Waals surface area contributed by atoms with Gasteiger partial charge in [0.25, 0.3) is 5.22 Å². The van der Waals surface area contributed by atoms with Crippen molar-refractivity contribution in [2.75, 3.05) is 5.75 Å². The first-order valence-electron chi connectivity index (χ1n) is 7.59. The lowest BCUT2D eigenvalue weighted by atomic mass is 10.2. The van der Waals surface area contributed by atoms with Crippen LogP contribution in [0.5, 0.6) is 0 Å². The Labute approximate surface area is 150 Å². The van der Waals surface area contributed by atoms with E-state index in [1.165, 1.54) is 17.2 Å². The molecule has 1 aromatic heterocycles. The Bertz CT molecular complexity index is 937. The fourth-order valence-corrected chi connectivity index (χ4v) is 3.87. The second-order valence-corrected chi connectivity index (χ2v) is 7.97. The van der Waals surface area contributed by atoms with Crippen molar-refractivity contribution >= 4 is 21.6 Å². The highest BCUT2D eigenvalue weighted by molar-refractivity contribution is 7.99. The van der Waals surface area contributed by atoms with Crippen LogP contribution >= 0.6 is 11.8 Å². The number of rotatable bonds is 7. The first-order chi connectivity index (χ1) is 12.1. The molecule has 128 valence electrons. The van der Waals surface area contributed by atoms with E-state index in [0.29, 0.717) is 23.3 Å². The fraction of sp³-hybridized carbons (Fsp3) is 0.111. The van der Waals surface area contributed by atoms with Crippen molar-refractivity contribution in [2.24, 2.45) is 0 Å². The average molecular weight is 372 g/mol. The Morgan fingerprint density at radius 1 is 0.960 bits per heavy atom. The van der Waals surface area contributed by atoms with Crippen LogP contribution in [0.1, 0.15) is 11.5 Å². The van der Waals surface area contributed by atoms with Crippen LogP contribution in [0.15, 0.2) is 86.7 Å². The molecule has 3 aromatic rings. The summed E-state index contributed by atoms with van der Waals surface area (Å²) in [6.07, 6.45) is 2.15. The molecule has 0 radical (unpaired) electrons. The summed E-state index contributed by atoms with van der Waals surface area (Å²) in [4.78, 5) is 0.277. The van der Waals surface area contributed by atoms with Gasteiger partial charge in [0.2, 0.25) is 5.89 Å². The van der Waals surface area contributed by atoms with Gasteiger partial charge in [-0.2, -0.15) is 0 Å². The van der Waals surface area contributed by atoms with E-state index in [9.17, 15) is 8.42 Å². The summed E-state index contributed by atoms with van der Waals surface area (Å²) < 4.78 is 29.8. The molecule has 25 heavy (non-hydrogen) atoms. The van der Waals surface area contributed by atoms with Crippen molar-refractivity contribution in [1.29, 1.82) is 0 Å². The molecule has 0 N–H and O–H groups in total. The summed E-state index contributed by atoms with van der Waals surface area (Å²) in [5, 5.41) is 9.60. The molecule has 0 amide bonds. The molecular weight excluding hydrogens is 356 g/mol. The minimum atomic E-state index is -3.41. The topological polar surface area (TPSA) is 73.1 Å². The molecule has 0 bridgehead atoms. The minimum Gasteiger partial charge on any atom is -0.416 e. The van der Waals surface area contributed by atoms with Gasteiger partial charge in [-0.05, 0) is 17.7 Å². The zero-order valence-electron chi connectivity index (χ0n) is 13.3. The zero-order valence-corrected chi connectivity index (χ0v) is 14.9. The number of thioether (sulfide) groups is 1. The molecule has 0 fully saturated rings. The van der Waals surface area contributed by atoms with Gasteiger partial charge in [-0.25, -0.2) is 8.42 Å². The van der Waals surface area contributed by atoms with E-state index in [-0.39, 0.29) is 4.90 Å². The standard InChI is InChI=1S/C18H16N2O3S2/c21-25(22,16-10-5-2-6-11-16)13-7-12-24-18-20-19-17(23-18)14-15-8-3-1-4-9-15/h1-11,13H,12,14H2/b13-7+. The van der Waals surface area contributed by atoms with E-state index in [1.54, 1.807) is 36.4 Å². The molecule has 0 unspecified atom stereocenters. The molecule has 3 rings (SSSR count). The Morgan fingerprint density at radius 3 is 2.36 bits per heavy atom. The van der Waals surface area contributed by atoms with Crippen molar-refractivity contribution in [2.45, 2.75) is 16.5 Å². The number of sulfone groups is 1. The number of aromatic nitrogens is 2. The summed E-state index contributed by atoms with van der Waals surface area (Å²) in [5.41, 5.74) is 1.09. The Balaban J connectivity index is 1.54. The largest absolute Gasteiger partial charge is 0.416 e. The molecule has 5 nitrogen and oxygen atoms in total. The second-order valence-electron chi connectivity index (χ2n) is 5.16. The lowest BCUT2D eigenvalue weighted by Crippen LogP contribution is -1.95. The molecule has 0 aliphatic rings. The van der Waals surface area contributed by atoms with Gasteiger partial charge in [-0.15, -0.1) is 10.2 Å². The maximum atomic E-state index is 12.1. The summed E-state index contributed by atoms with van der Waals surface area (Å²) >= 11 is 1.30. The van der Waals surface area contributed by atoms with Gasteiger partial charge in [0.15, 0.2) is 9.84 Å². The molecule has 0 spiro atoms. The van der Waals surface area contributed by atoms with E-state index < -0.39 is 9.84 Å². The predicted octanol–water partition coefficient (Wildman–Crippen LogP) is 3.74. The monoisotopic (exact) mass is 372 g/mol. The van der Waals surface area contributed by atoms with E-state index in [0.717, 1.165) is 5.56 Å². The summed E-state index contributed by atoms with van der Waals surface area (Å²) in [6.45, 7) is 0. The van der Waals surface area contributed by atoms with Crippen molar-refractivity contribution in [3.05, 3.63) is 83.6 Å². The quantitative estimate of drug-likeness (QED) is 0.588. The van der Waals surface area contributed by atoms with E-state index in [4.69, 9.17) is 4.42 Å². The number of benzene rings is 2. The van der Waals surface area contributed by atoms with Crippen LogP contribution in [0.4, 0.5) is 0 Å². The Morgan fingerprint density at radius 2 is 1.64 bits per heavy atom. The van der Waals surface area contributed by atoms with E-state index >= 15 is 0 Å². The van der Waals surface area contributed by atoms with Crippen LogP contribution in [0.2, 0.25) is 0 Å². The second kappa shape index (κ2) is 8.13. The van der Waals surface area contributed by atoms with Crippen LogP contribution < -0.4 is 0 Å². The van der Waals surface area contributed by atoms with Gasteiger partial charge in [0.1, 0.15) is 0 Å². The molecule has 7 heteroatoms. The minimum absolute atomic E-state index is 0.277. The normalized spacial score (nSPS) is 11.8. The van der Waals surface area contributed by atoms with Crippen molar-refractivity contribution in [3.8, 4) is 0 Å². The number of nitrogens with zero attached hydrogens (tertiary/aromatic N) is 2. The van der Waals surface area contributed by atoms with Crippen LogP contribution in [0.3, 0.4) is 0 Å². The maximum absolute atomic E-state index is 12.1. The van der Waals surface area contributed by atoms with Gasteiger partial charge in [-0.3, -0.25) is 0 Å². The molecule has 0 aliphatic carbocycles. The molecular formula is C18H16N2O3S2. The highest BCUT2D eigenvalue weighted by atomic mass is 32.2. The first kappa shape index (κ1) is 17.4. The lowest BCUT2D eigenvalue weighted by molar-refractivity contribution is 0.420. The van der Waals surface area contributed by atoms with Gasteiger partial charge >= 0.3 is 0 Å². The molecule has 0 aliphatic heterocycles. The zero-order chi connectivity index (χ0) is 17.5. The Hall–Kier alpha value is -2.38. The third kappa shape index (κ3) is 5.04. The average Bonchev–Trinajstić information content (AvgIpc) is 3.08. The van der Waals surface area contributed by atoms with Gasteiger partial charge in [-0.1, -0.05) is 66.4 Å². The predicted molar refractivity (Wildman–Crippen MR) is 97.0 cm³/mol. The summed E-state index contributed by atoms with van der Waals surface area (Å²) in [5.74, 6) is 0.966. The Kier molecular flexibility index (Phi) is 5.67. The van der Waals surface area contributed by atoms with Crippen molar-refractivity contribution < 1.29 is 12.8 Å². The smallest absolute Gasteiger partial charge is 0.276 e.